The Labute approximate surface area is 133 Å². The van der Waals surface area contributed by atoms with Gasteiger partial charge in [-0.3, -0.25) is 4.68 Å². The fourth-order valence-corrected chi connectivity index (χ4v) is 3.44. The van der Waals surface area contributed by atoms with Crippen molar-refractivity contribution in [2.45, 2.75) is 65.8 Å². The lowest BCUT2D eigenvalue weighted by atomic mass is 9.89. The third-order valence-electron chi connectivity index (χ3n) is 5.03. The summed E-state index contributed by atoms with van der Waals surface area (Å²) in [6.45, 7) is 9.18. The number of hydrogen-bond donors (Lipinski definition) is 2. The number of carbonyl (C=O) groups excluding carboxylic acids is 1. The first-order valence-corrected chi connectivity index (χ1v) is 8.34. The first kappa shape index (κ1) is 16.8. The van der Waals surface area contributed by atoms with Gasteiger partial charge in [0.1, 0.15) is 0 Å². The zero-order chi connectivity index (χ0) is 16.3. The number of rotatable bonds is 5. The van der Waals surface area contributed by atoms with Gasteiger partial charge in [-0.15, -0.1) is 0 Å². The minimum atomic E-state index is -0.0557. The SMILES string of the molecule is Cc1nn(C)c(C)c1CC(C)NC(=O)NCC1(C)CCCC1. The number of aromatic nitrogens is 2. The van der Waals surface area contributed by atoms with Gasteiger partial charge in [-0.1, -0.05) is 19.8 Å². The molecule has 1 aliphatic carbocycles. The first-order valence-electron chi connectivity index (χ1n) is 8.34. The quantitative estimate of drug-likeness (QED) is 0.879. The number of carbonyl (C=O) groups is 1. The van der Waals surface area contributed by atoms with Crippen molar-refractivity contribution in [1.29, 1.82) is 0 Å². The van der Waals surface area contributed by atoms with E-state index in [9.17, 15) is 4.79 Å². The topological polar surface area (TPSA) is 59.0 Å². The van der Waals surface area contributed by atoms with Crippen molar-refractivity contribution in [1.82, 2.24) is 20.4 Å². The predicted molar refractivity (Wildman–Crippen MR) is 89.0 cm³/mol. The molecule has 2 rings (SSSR count). The summed E-state index contributed by atoms with van der Waals surface area (Å²) >= 11 is 0. The van der Waals surface area contributed by atoms with E-state index in [1.165, 1.54) is 36.9 Å². The second-order valence-electron chi connectivity index (χ2n) is 7.22. The highest BCUT2D eigenvalue weighted by Crippen LogP contribution is 2.36. The summed E-state index contributed by atoms with van der Waals surface area (Å²) < 4.78 is 1.90. The molecule has 2 amide bonds. The molecule has 1 aromatic rings. The molecule has 5 nitrogen and oxygen atoms in total. The molecule has 1 heterocycles. The molecule has 124 valence electrons. The van der Waals surface area contributed by atoms with Crippen molar-refractivity contribution >= 4 is 6.03 Å². The molecule has 1 unspecified atom stereocenters. The molecule has 1 aliphatic rings. The lowest BCUT2D eigenvalue weighted by molar-refractivity contribution is 0.228. The average molecular weight is 306 g/mol. The lowest BCUT2D eigenvalue weighted by Gasteiger charge is -2.24. The Balaban J connectivity index is 1.81. The molecular weight excluding hydrogens is 276 g/mol. The fourth-order valence-electron chi connectivity index (χ4n) is 3.44. The Bertz CT molecular complexity index is 529. The number of nitrogens with one attached hydrogen (secondary N) is 2. The van der Waals surface area contributed by atoms with Gasteiger partial charge in [-0.2, -0.15) is 5.10 Å². The number of nitrogens with zero attached hydrogens (tertiary/aromatic N) is 2. The number of aryl methyl sites for hydroxylation is 2. The van der Waals surface area contributed by atoms with Crippen molar-refractivity contribution in [2.24, 2.45) is 12.5 Å². The van der Waals surface area contributed by atoms with Crippen LogP contribution in [-0.2, 0) is 13.5 Å². The van der Waals surface area contributed by atoms with E-state index in [-0.39, 0.29) is 17.5 Å². The Hall–Kier alpha value is -1.52. The molecule has 1 aromatic heterocycles. The van der Waals surface area contributed by atoms with E-state index in [0.717, 1.165) is 18.7 Å². The summed E-state index contributed by atoms with van der Waals surface area (Å²) in [5, 5.41) is 10.5. The van der Waals surface area contributed by atoms with Crippen molar-refractivity contribution < 1.29 is 4.79 Å². The zero-order valence-corrected chi connectivity index (χ0v) is 14.6. The van der Waals surface area contributed by atoms with Crippen molar-refractivity contribution in [3.63, 3.8) is 0 Å². The van der Waals surface area contributed by atoms with Gasteiger partial charge < -0.3 is 10.6 Å². The Kier molecular flexibility index (Phi) is 5.14. The molecule has 0 aliphatic heterocycles. The molecule has 0 saturated heterocycles. The normalized spacial score (nSPS) is 18.2. The number of hydrogen-bond acceptors (Lipinski definition) is 2. The molecule has 1 fully saturated rings. The standard InChI is InChI=1S/C17H30N4O/c1-12(10-15-13(2)20-21(5)14(15)3)19-16(22)18-11-17(4)8-6-7-9-17/h12H,6-11H2,1-5H3,(H2,18,19,22). The van der Waals surface area contributed by atoms with Crippen molar-refractivity contribution in [3.8, 4) is 0 Å². The smallest absolute Gasteiger partial charge is 0.315 e. The molecule has 0 spiro atoms. The highest BCUT2D eigenvalue weighted by Gasteiger charge is 2.29. The number of urea groups is 1. The second-order valence-corrected chi connectivity index (χ2v) is 7.22. The van der Waals surface area contributed by atoms with Crippen LogP contribution in [0.4, 0.5) is 4.79 Å². The van der Waals surface area contributed by atoms with E-state index in [2.05, 4.69) is 29.6 Å². The molecule has 1 saturated carbocycles. The van der Waals surface area contributed by atoms with Crippen LogP contribution < -0.4 is 10.6 Å². The van der Waals surface area contributed by atoms with Crippen LogP contribution in [0.3, 0.4) is 0 Å². The summed E-state index contributed by atoms with van der Waals surface area (Å²) in [5.74, 6) is 0. The van der Waals surface area contributed by atoms with Crippen LogP contribution in [0.2, 0.25) is 0 Å². The van der Waals surface area contributed by atoms with Crippen LogP contribution in [0.1, 0.15) is 56.5 Å². The first-order chi connectivity index (χ1) is 10.3. The minimum absolute atomic E-state index is 0.0557. The minimum Gasteiger partial charge on any atom is -0.338 e. The van der Waals surface area contributed by atoms with Crippen LogP contribution in [0.15, 0.2) is 0 Å². The van der Waals surface area contributed by atoms with Crippen molar-refractivity contribution in [3.05, 3.63) is 17.0 Å². The Morgan fingerprint density at radius 1 is 1.36 bits per heavy atom. The van der Waals surface area contributed by atoms with Crippen LogP contribution in [0.25, 0.3) is 0 Å². The van der Waals surface area contributed by atoms with Gasteiger partial charge in [-0.05, 0) is 51.0 Å². The molecular formula is C17H30N4O. The maximum atomic E-state index is 12.1. The van der Waals surface area contributed by atoms with Gasteiger partial charge in [0.05, 0.1) is 5.69 Å². The van der Waals surface area contributed by atoms with E-state index in [1.54, 1.807) is 0 Å². The Morgan fingerprint density at radius 2 is 2.00 bits per heavy atom. The second kappa shape index (κ2) is 6.71. The predicted octanol–water partition coefficient (Wildman–Crippen LogP) is 2.85. The van der Waals surface area contributed by atoms with Gasteiger partial charge in [0, 0.05) is 25.3 Å². The summed E-state index contributed by atoms with van der Waals surface area (Å²) in [6.07, 6.45) is 5.83. The maximum Gasteiger partial charge on any atom is 0.315 e. The van der Waals surface area contributed by atoms with Gasteiger partial charge in [-0.25, -0.2) is 4.79 Å². The third kappa shape index (κ3) is 4.02. The molecule has 5 heteroatoms. The molecule has 0 bridgehead atoms. The number of amides is 2. The molecule has 0 aromatic carbocycles. The molecule has 1 atom stereocenters. The average Bonchev–Trinajstić information content (AvgIpc) is 2.97. The van der Waals surface area contributed by atoms with Gasteiger partial charge >= 0.3 is 6.03 Å². The third-order valence-corrected chi connectivity index (χ3v) is 5.03. The molecule has 0 radical (unpaired) electrons. The highest BCUT2D eigenvalue weighted by molar-refractivity contribution is 5.74. The van der Waals surface area contributed by atoms with Gasteiger partial charge in [0.2, 0.25) is 0 Å². The summed E-state index contributed by atoms with van der Waals surface area (Å²) in [7, 11) is 1.96. The van der Waals surface area contributed by atoms with E-state index < -0.39 is 0 Å². The zero-order valence-electron chi connectivity index (χ0n) is 14.6. The van der Waals surface area contributed by atoms with E-state index >= 15 is 0 Å². The Morgan fingerprint density at radius 3 is 2.55 bits per heavy atom. The summed E-state index contributed by atoms with van der Waals surface area (Å²) in [5.41, 5.74) is 3.74. The van der Waals surface area contributed by atoms with Crippen LogP contribution in [-0.4, -0.2) is 28.4 Å². The maximum absolute atomic E-state index is 12.1. The fraction of sp³-hybridized carbons (Fsp3) is 0.765. The van der Waals surface area contributed by atoms with E-state index in [0.29, 0.717) is 0 Å². The summed E-state index contributed by atoms with van der Waals surface area (Å²) in [6, 6.07) is 0.0396. The summed E-state index contributed by atoms with van der Waals surface area (Å²) in [4.78, 5) is 12.1. The van der Waals surface area contributed by atoms with Crippen LogP contribution in [0, 0.1) is 19.3 Å². The van der Waals surface area contributed by atoms with Gasteiger partial charge in [0.15, 0.2) is 0 Å². The lowest BCUT2D eigenvalue weighted by Crippen LogP contribution is -2.45. The van der Waals surface area contributed by atoms with Gasteiger partial charge in [0.25, 0.3) is 0 Å². The monoisotopic (exact) mass is 306 g/mol. The van der Waals surface area contributed by atoms with E-state index in [1.807, 2.05) is 25.6 Å². The van der Waals surface area contributed by atoms with Crippen LogP contribution in [0.5, 0.6) is 0 Å². The highest BCUT2D eigenvalue weighted by atomic mass is 16.2. The van der Waals surface area contributed by atoms with E-state index in [4.69, 9.17) is 0 Å². The largest absolute Gasteiger partial charge is 0.338 e. The molecule has 2 N–H and O–H groups in total. The van der Waals surface area contributed by atoms with Crippen molar-refractivity contribution in [2.75, 3.05) is 6.54 Å². The molecule has 22 heavy (non-hydrogen) atoms. The van der Waals surface area contributed by atoms with Crippen LogP contribution >= 0.6 is 0 Å².